The van der Waals surface area contributed by atoms with E-state index in [0.717, 1.165) is 38.3 Å². The Hall–Kier alpha value is -0.0400. The van der Waals surface area contributed by atoms with Gasteiger partial charge in [0.25, 0.3) is 0 Å². The van der Waals surface area contributed by atoms with E-state index in [-0.39, 0.29) is 10.8 Å². The molecular formula is C17H32O4S2. The number of aldehydes is 2. The molecule has 0 saturated carbocycles. The van der Waals surface area contributed by atoms with Crippen LogP contribution in [0.3, 0.4) is 0 Å². The van der Waals surface area contributed by atoms with Gasteiger partial charge in [-0.05, 0) is 25.7 Å². The van der Waals surface area contributed by atoms with Gasteiger partial charge in [0.05, 0.1) is 0 Å². The van der Waals surface area contributed by atoms with Gasteiger partial charge in [0.1, 0.15) is 35.6 Å². The lowest BCUT2D eigenvalue weighted by molar-refractivity contribution is -0.115. The zero-order valence-electron chi connectivity index (χ0n) is 15.0. The van der Waals surface area contributed by atoms with E-state index in [1.54, 1.807) is 0 Å². The van der Waals surface area contributed by atoms with Gasteiger partial charge in [0, 0.05) is 17.3 Å². The molecule has 0 bridgehead atoms. The standard InChI is InChI=1S/C17H32O4S2/c1-16(2,14-18)8-5-10-22(20)12-7-13-23(21)11-6-9-17(3,4)15-19/h14-15H,5-13H2,1-4H3. The molecule has 0 aromatic heterocycles. The molecule has 0 aliphatic carbocycles. The molecule has 0 spiro atoms. The summed E-state index contributed by atoms with van der Waals surface area (Å²) in [5.74, 6) is 2.37. The van der Waals surface area contributed by atoms with Gasteiger partial charge in [-0.15, -0.1) is 0 Å². The molecule has 0 rings (SSSR count). The van der Waals surface area contributed by atoms with Gasteiger partial charge in [-0.3, -0.25) is 0 Å². The Balaban J connectivity index is 3.68. The lowest BCUT2D eigenvalue weighted by Gasteiger charge is -2.18. The first-order valence-corrected chi connectivity index (χ1v) is 11.2. The smallest absolute Gasteiger partial charge is 0.125 e. The van der Waals surface area contributed by atoms with E-state index < -0.39 is 22.4 Å². The average Bonchev–Trinajstić information content (AvgIpc) is 2.47. The van der Waals surface area contributed by atoms with E-state index in [9.17, 15) is 18.7 Å². The molecule has 0 fully saturated rings. The van der Waals surface area contributed by atoms with Gasteiger partial charge in [-0.1, -0.05) is 50.0 Å². The summed E-state index contributed by atoms with van der Waals surface area (Å²) in [4.78, 5) is 21.6. The maximum Gasteiger partial charge on any atom is 0.125 e. The van der Waals surface area contributed by atoms with Crippen molar-refractivity contribution in [2.24, 2.45) is 10.8 Å². The summed E-state index contributed by atoms with van der Waals surface area (Å²) in [6, 6.07) is 0. The molecular weight excluding hydrogens is 332 g/mol. The van der Waals surface area contributed by atoms with Crippen LogP contribution in [0.5, 0.6) is 0 Å². The van der Waals surface area contributed by atoms with E-state index in [1.807, 2.05) is 27.7 Å². The van der Waals surface area contributed by atoms with Crippen LogP contribution < -0.4 is 0 Å². The second kappa shape index (κ2) is 11.5. The van der Waals surface area contributed by atoms with Crippen molar-refractivity contribution in [2.45, 2.75) is 59.8 Å². The van der Waals surface area contributed by atoms with E-state index in [0.29, 0.717) is 29.4 Å². The fraction of sp³-hybridized carbons (Fsp3) is 0.882. The Bertz CT molecular complexity index is 313. The zero-order valence-corrected chi connectivity index (χ0v) is 16.6. The largest absolute Gasteiger partial charge is 0.616 e. The maximum absolute atomic E-state index is 11.9. The SMILES string of the molecule is CC(C)(C=O)CCC[S+]([O-])CCC[S+]([O-])CCCC(C)(C)C=O. The van der Waals surface area contributed by atoms with E-state index >= 15 is 0 Å². The van der Waals surface area contributed by atoms with Crippen LogP contribution in [0.2, 0.25) is 0 Å². The second-order valence-electron chi connectivity index (χ2n) is 7.47. The van der Waals surface area contributed by atoms with Crippen LogP contribution in [0.15, 0.2) is 0 Å². The van der Waals surface area contributed by atoms with Gasteiger partial charge < -0.3 is 18.7 Å². The summed E-state index contributed by atoms with van der Waals surface area (Å²) in [5.41, 5.74) is -0.665. The molecule has 2 unspecified atom stereocenters. The quantitative estimate of drug-likeness (QED) is 0.351. The fourth-order valence-electron chi connectivity index (χ4n) is 2.08. The molecule has 0 amide bonds. The summed E-state index contributed by atoms with van der Waals surface area (Å²) in [6.07, 6.45) is 5.66. The predicted octanol–water partition coefficient (Wildman–Crippen LogP) is 2.88. The minimum Gasteiger partial charge on any atom is -0.616 e. The molecule has 6 heteroatoms. The Labute approximate surface area is 147 Å². The van der Waals surface area contributed by atoms with Crippen LogP contribution >= 0.6 is 0 Å². The lowest BCUT2D eigenvalue weighted by atomic mass is 9.90. The molecule has 0 aliphatic heterocycles. The lowest BCUT2D eigenvalue weighted by Crippen LogP contribution is -2.20. The Morgan fingerprint density at radius 3 is 1.30 bits per heavy atom. The third-order valence-electron chi connectivity index (χ3n) is 3.77. The number of carbonyl (C=O) groups excluding carboxylic acids is 2. The Morgan fingerprint density at radius 1 is 0.696 bits per heavy atom. The Kier molecular flexibility index (Phi) is 11.5. The third kappa shape index (κ3) is 13.0. The normalized spacial score (nSPS) is 15.2. The van der Waals surface area contributed by atoms with Crippen LogP contribution in [0.1, 0.15) is 59.8 Å². The van der Waals surface area contributed by atoms with Crippen molar-refractivity contribution in [1.82, 2.24) is 0 Å². The third-order valence-corrected chi connectivity index (χ3v) is 6.74. The van der Waals surface area contributed by atoms with Crippen LogP contribution in [-0.2, 0) is 31.9 Å². The van der Waals surface area contributed by atoms with Crippen molar-refractivity contribution in [3.05, 3.63) is 0 Å². The predicted molar refractivity (Wildman–Crippen MR) is 98.5 cm³/mol. The molecule has 0 aromatic carbocycles. The van der Waals surface area contributed by atoms with Gasteiger partial charge in [0.15, 0.2) is 0 Å². The second-order valence-corrected chi connectivity index (χ2v) is 10.9. The van der Waals surface area contributed by atoms with Crippen molar-refractivity contribution in [2.75, 3.05) is 23.0 Å². The highest BCUT2D eigenvalue weighted by Crippen LogP contribution is 2.20. The van der Waals surface area contributed by atoms with Crippen LogP contribution in [0, 0.1) is 10.8 Å². The number of carbonyl (C=O) groups is 2. The Morgan fingerprint density at radius 2 is 1.00 bits per heavy atom. The van der Waals surface area contributed by atoms with Crippen molar-refractivity contribution in [3.8, 4) is 0 Å². The van der Waals surface area contributed by atoms with Crippen LogP contribution in [0.25, 0.3) is 0 Å². The molecule has 2 atom stereocenters. The molecule has 0 heterocycles. The highest BCUT2D eigenvalue weighted by atomic mass is 32.2. The van der Waals surface area contributed by atoms with Gasteiger partial charge >= 0.3 is 0 Å². The van der Waals surface area contributed by atoms with Gasteiger partial charge in [-0.25, -0.2) is 0 Å². The van der Waals surface area contributed by atoms with Crippen LogP contribution in [0.4, 0.5) is 0 Å². The summed E-state index contributed by atoms with van der Waals surface area (Å²) < 4.78 is 23.7. The first kappa shape index (κ1) is 23.0. The van der Waals surface area contributed by atoms with Crippen molar-refractivity contribution in [1.29, 1.82) is 0 Å². The fourth-order valence-corrected chi connectivity index (χ4v) is 4.54. The molecule has 0 aliphatic rings. The highest BCUT2D eigenvalue weighted by Gasteiger charge is 2.19. The van der Waals surface area contributed by atoms with Crippen molar-refractivity contribution >= 4 is 34.9 Å². The molecule has 23 heavy (non-hydrogen) atoms. The monoisotopic (exact) mass is 364 g/mol. The molecule has 0 saturated heterocycles. The molecule has 0 radical (unpaired) electrons. The van der Waals surface area contributed by atoms with E-state index in [1.165, 1.54) is 0 Å². The van der Waals surface area contributed by atoms with Crippen LogP contribution in [-0.4, -0.2) is 44.7 Å². The minimum atomic E-state index is -0.891. The van der Waals surface area contributed by atoms with Crippen molar-refractivity contribution < 1.29 is 18.7 Å². The van der Waals surface area contributed by atoms with E-state index in [4.69, 9.17) is 0 Å². The molecule has 0 aromatic rings. The molecule has 136 valence electrons. The number of rotatable bonds is 14. The summed E-state index contributed by atoms with van der Waals surface area (Å²) in [7, 11) is 0. The summed E-state index contributed by atoms with van der Waals surface area (Å²) in [6.45, 7) is 7.55. The number of hydrogen-bond acceptors (Lipinski definition) is 4. The highest BCUT2D eigenvalue weighted by molar-refractivity contribution is 7.92. The maximum atomic E-state index is 11.9. The summed E-state index contributed by atoms with van der Waals surface area (Å²) in [5, 5.41) is 0. The van der Waals surface area contributed by atoms with Gasteiger partial charge in [0.2, 0.25) is 0 Å². The first-order chi connectivity index (χ1) is 10.6. The minimum absolute atomic E-state index is 0.332. The average molecular weight is 365 g/mol. The topological polar surface area (TPSA) is 80.3 Å². The first-order valence-electron chi connectivity index (χ1n) is 8.24. The summed E-state index contributed by atoms with van der Waals surface area (Å²) >= 11 is -1.78. The molecule has 4 nitrogen and oxygen atoms in total. The zero-order chi connectivity index (χ0) is 17.9. The van der Waals surface area contributed by atoms with Crippen molar-refractivity contribution in [3.63, 3.8) is 0 Å². The molecule has 0 N–H and O–H groups in total. The van der Waals surface area contributed by atoms with Gasteiger partial charge in [-0.2, -0.15) is 0 Å². The van der Waals surface area contributed by atoms with E-state index in [2.05, 4.69) is 0 Å². The number of hydrogen-bond donors (Lipinski definition) is 0.